The second-order valence-corrected chi connectivity index (χ2v) is 12.6. The lowest BCUT2D eigenvalue weighted by Crippen LogP contribution is -2.53. The van der Waals surface area contributed by atoms with E-state index < -0.39 is 5.97 Å². The van der Waals surface area contributed by atoms with Crippen molar-refractivity contribution in [1.82, 2.24) is 0 Å². The molecule has 3 heteroatoms. The van der Waals surface area contributed by atoms with E-state index >= 15 is 0 Å². The lowest BCUT2D eigenvalue weighted by molar-refractivity contribution is -0.131. The van der Waals surface area contributed by atoms with Crippen molar-refractivity contribution in [3.63, 3.8) is 0 Å². The van der Waals surface area contributed by atoms with Crippen LogP contribution in [0.25, 0.3) is 0 Å². The van der Waals surface area contributed by atoms with Gasteiger partial charge in [0.25, 0.3) is 0 Å². The maximum absolute atomic E-state index is 11.2. The molecule has 4 rings (SSSR count). The van der Waals surface area contributed by atoms with Crippen LogP contribution in [-0.4, -0.2) is 16.2 Å². The van der Waals surface area contributed by atoms with Crippen LogP contribution in [-0.2, 0) is 4.79 Å². The SMILES string of the molecule is CC(=CO)CCC[C@@H](C)[C@H]1CC[C@H]2[C@@H]3CCC4CC(=CC(=O)O)CC[C@]4(C)[C@H]3CC[C@]12C. The van der Waals surface area contributed by atoms with Crippen molar-refractivity contribution < 1.29 is 15.0 Å². The summed E-state index contributed by atoms with van der Waals surface area (Å²) in [5.74, 6) is 4.17. The van der Waals surface area contributed by atoms with Crippen molar-refractivity contribution in [3.05, 3.63) is 23.5 Å². The quantitative estimate of drug-likeness (QED) is 0.324. The first-order valence-corrected chi connectivity index (χ1v) is 13.4. The Morgan fingerprint density at radius 3 is 2.56 bits per heavy atom. The summed E-state index contributed by atoms with van der Waals surface area (Å²) >= 11 is 0. The second kappa shape index (κ2) is 9.18. The average Bonchev–Trinajstić information content (AvgIpc) is 3.10. The van der Waals surface area contributed by atoms with E-state index in [0.29, 0.717) is 16.7 Å². The van der Waals surface area contributed by atoms with Gasteiger partial charge in [0.1, 0.15) is 0 Å². The molecule has 0 aromatic carbocycles. The van der Waals surface area contributed by atoms with Crippen molar-refractivity contribution in [3.8, 4) is 0 Å². The monoisotopic (exact) mass is 442 g/mol. The molecule has 1 unspecified atom stereocenters. The maximum Gasteiger partial charge on any atom is 0.328 e. The Bertz CT molecular complexity index is 766. The van der Waals surface area contributed by atoms with Gasteiger partial charge in [-0.2, -0.15) is 0 Å². The zero-order chi connectivity index (χ0) is 23.1. The summed E-state index contributed by atoms with van der Waals surface area (Å²) in [5.41, 5.74) is 3.21. The van der Waals surface area contributed by atoms with E-state index in [4.69, 9.17) is 0 Å². The van der Waals surface area contributed by atoms with E-state index in [0.717, 1.165) is 54.4 Å². The van der Waals surface area contributed by atoms with Crippen LogP contribution in [0.2, 0.25) is 0 Å². The number of allylic oxidation sites excluding steroid dienone is 2. The minimum atomic E-state index is -0.764. The molecule has 4 saturated carbocycles. The molecular weight excluding hydrogens is 396 g/mol. The van der Waals surface area contributed by atoms with Crippen LogP contribution in [0.4, 0.5) is 0 Å². The molecule has 3 nitrogen and oxygen atoms in total. The highest BCUT2D eigenvalue weighted by molar-refractivity contribution is 5.80. The first-order chi connectivity index (χ1) is 15.2. The van der Waals surface area contributed by atoms with Gasteiger partial charge in [-0.15, -0.1) is 0 Å². The molecule has 0 aromatic rings. The normalized spacial score (nSPS) is 43.9. The van der Waals surface area contributed by atoms with Crippen molar-refractivity contribution in [2.75, 3.05) is 0 Å². The average molecular weight is 443 g/mol. The van der Waals surface area contributed by atoms with E-state index in [9.17, 15) is 15.0 Å². The highest BCUT2D eigenvalue weighted by Crippen LogP contribution is 2.68. The van der Waals surface area contributed by atoms with Crippen LogP contribution >= 0.6 is 0 Å². The Morgan fingerprint density at radius 2 is 1.84 bits per heavy atom. The minimum Gasteiger partial charge on any atom is -0.516 e. The van der Waals surface area contributed by atoms with Crippen molar-refractivity contribution in [1.29, 1.82) is 0 Å². The number of hydrogen-bond donors (Lipinski definition) is 2. The third-order valence-corrected chi connectivity index (χ3v) is 11.1. The van der Waals surface area contributed by atoms with Gasteiger partial charge in [0, 0.05) is 6.08 Å². The van der Waals surface area contributed by atoms with Crippen LogP contribution in [0.15, 0.2) is 23.5 Å². The molecule has 0 bridgehead atoms. The van der Waals surface area contributed by atoms with E-state index in [1.54, 1.807) is 0 Å². The molecule has 4 aliphatic rings. The third kappa shape index (κ3) is 4.18. The molecule has 0 heterocycles. The number of fused-ring (bicyclic) bond motifs is 5. The Kier molecular flexibility index (Phi) is 6.86. The number of carbonyl (C=O) groups is 1. The first-order valence-electron chi connectivity index (χ1n) is 13.4. The number of aliphatic carboxylic acids is 1. The molecule has 32 heavy (non-hydrogen) atoms. The molecule has 0 aliphatic heterocycles. The topological polar surface area (TPSA) is 57.5 Å². The summed E-state index contributed by atoms with van der Waals surface area (Å²) in [7, 11) is 0. The van der Waals surface area contributed by atoms with Gasteiger partial charge in [-0.1, -0.05) is 32.8 Å². The zero-order valence-corrected chi connectivity index (χ0v) is 20.9. The summed E-state index contributed by atoms with van der Waals surface area (Å²) in [5, 5.41) is 18.4. The number of carboxylic acids is 1. The van der Waals surface area contributed by atoms with E-state index in [1.165, 1.54) is 75.7 Å². The number of hydrogen-bond acceptors (Lipinski definition) is 2. The minimum absolute atomic E-state index is 0.415. The smallest absolute Gasteiger partial charge is 0.328 e. The summed E-state index contributed by atoms with van der Waals surface area (Å²) in [6.07, 6.45) is 17.8. The summed E-state index contributed by atoms with van der Waals surface area (Å²) in [6.45, 7) is 9.74. The fourth-order valence-electron chi connectivity index (χ4n) is 9.36. The largest absolute Gasteiger partial charge is 0.516 e. The van der Waals surface area contributed by atoms with Gasteiger partial charge in [0.05, 0.1) is 6.26 Å². The molecule has 0 saturated heterocycles. The Balaban J connectivity index is 1.44. The summed E-state index contributed by atoms with van der Waals surface area (Å²) in [6, 6.07) is 0. The number of carboxylic acid groups (broad SMARTS) is 1. The highest BCUT2D eigenvalue weighted by Gasteiger charge is 2.60. The van der Waals surface area contributed by atoms with Crippen LogP contribution in [0, 0.1) is 46.3 Å². The predicted octanol–water partition coefficient (Wildman–Crippen LogP) is 7.92. The number of rotatable bonds is 6. The van der Waals surface area contributed by atoms with Crippen LogP contribution < -0.4 is 0 Å². The molecule has 0 spiro atoms. The van der Waals surface area contributed by atoms with E-state index in [2.05, 4.69) is 20.8 Å². The molecular formula is C29H46O3. The van der Waals surface area contributed by atoms with Gasteiger partial charge < -0.3 is 10.2 Å². The lowest BCUT2D eigenvalue weighted by atomic mass is 9.44. The predicted molar refractivity (Wildman–Crippen MR) is 130 cm³/mol. The fraction of sp³-hybridized carbons (Fsp3) is 0.828. The van der Waals surface area contributed by atoms with Gasteiger partial charge in [0.2, 0.25) is 0 Å². The van der Waals surface area contributed by atoms with E-state index in [-0.39, 0.29) is 0 Å². The Labute approximate surface area is 195 Å². The van der Waals surface area contributed by atoms with Gasteiger partial charge in [0.15, 0.2) is 0 Å². The van der Waals surface area contributed by atoms with Gasteiger partial charge in [-0.3, -0.25) is 0 Å². The molecule has 4 aliphatic carbocycles. The lowest BCUT2D eigenvalue weighted by Gasteiger charge is -2.61. The molecule has 4 fully saturated rings. The van der Waals surface area contributed by atoms with Crippen LogP contribution in [0.3, 0.4) is 0 Å². The van der Waals surface area contributed by atoms with Crippen LogP contribution in [0.1, 0.15) is 105 Å². The van der Waals surface area contributed by atoms with Gasteiger partial charge in [-0.05, 0) is 129 Å². The van der Waals surface area contributed by atoms with Gasteiger partial charge >= 0.3 is 5.97 Å². The molecule has 0 aromatic heterocycles. The Hall–Kier alpha value is -1.25. The summed E-state index contributed by atoms with van der Waals surface area (Å²) < 4.78 is 0. The molecule has 2 N–H and O–H groups in total. The summed E-state index contributed by atoms with van der Waals surface area (Å²) in [4.78, 5) is 11.2. The molecule has 180 valence electrons. The fourth-order valence-corrected chi connectivity index (χ4v) is 9.36. The van der Waals surface area contributed by atoms with Gasteiger partial charge in [-0.25, -0.2) is 4.79 Å². The number of aliphatic hydroxyl groups excluding tert-OH is 1. The zero-order valence-electron chi connectivity index (χ0n) is 20.9. The van der Waals surface area contributed by atoms with Crippen molar-refractivity contribution in [2.45, 2.75) is 105 Å². The van der Waals surface area contributed by atoms with Crippen molar-refractivity contribution >= 4 is 5.97 Å². The number of aliphatic hydroxyl groups is 1. The molecule has 8 atom stereocenters. The molecule has 0 amide bonds. The third-order valence-electron chi connectivity index (χ3n) is 11.1. The maximum atomic E-state index is 11.2. The van der Waals surface area contributed by atoms with E-state index in [1.807, 2.05) is 6.92 Å². The van der Waals surface area contributed by atoms with Crippen molar-refractivity contribution in [2.24, 2.45) is 46.3 Å². The molecule has 0 radical (unpaired) electrons. The Morgan fingerprint density at radius 1 is 1.09 bits per heavy atom. The van der Waals surface area contributed by atoms with Crippen LogP contribution in [0.5, 0.6) is 0 Å². The highest BCUT2D eigenvalue weighted by atomic mass is 16.4. The standard InChI is InChI=1S/C29H46O3/c1-19(18-30)6-5-7-20(2)24-10-11-25-23-9-8-22-16-21(17-27(31)32)12-14-28(22,3)26(23)13-15-29(24,25)4/h17-18,20,22-26,30H,5-16H2,1-4H3,(H,31,32)/t20-,22?,23+,24-,25+,26+,28+,29-/m1/s1. The first kappa shape index (κ1) is 23.9. The second-order valence-electron chi connectivity index (χ2n) is 12.6.